The third-order valence-corrected chi connectivity index (χ3v) is 2.71. The topological polar surface area (TPSA) is 69.4 Å². The average Bonchev–Trinajstić information content (AvgIpc) is 2.75. The number of para-hydroxylation sites is 1. The minimum Gasteiger partial charge on any atom is -0.452 e. The van der Waals surface area contributed by atoms with E-state index >= 15 is 0 Å². The first-order chi connectivity index (χ1) is 9.06. The number of methoxy groups -OCH3 is 1. The molecule has 0 spiro atoms. The Kier molecular flexibility index (Phi) is 3.37. The van der Waals surface area contributed by atoms with E-state index in [1.807, 2.05) is 6.07 Å². The summed E-state index contributed by atoms with van der Waals surface area (Å²) in [5.41, 5.74) is 0.296. The van der Waals surface area contributed by atoms with E-state index in [2.05, 4.69) is 9.84 Å². The lowest BCUT2D eigenvalue weighted by atomic mass is 10.3. The minimum absolute atomic E-state index is 0.209. The smallest absolute Gasteiger partial charge is 0.416 e. The molecule has 1 aromatic heterocycles. The molecule has 1 amide bonds. The first-order valence-electron chi connectivity index (χ1n) is 5.59. The first-order valence-corrected chi connectivity index (χ1v) is 5.59. The van der Waals surface area contributed by atoms with E-state index in [1.54, 1.807) is 31.3 Å². The Morgan fingerprint density at radius 2 is 1.95 bits per heavy atom. The molecule has 0 N–H and O–H groups in total. The fourth-order valence-electron chi connectivity index (χ4n) is 1.67. The van der Waals surface area contributed by atoms with Crippen molar-refractivity contribution >= 4 is 12.0 Å². The Bertz CT molecular complexity index is 645. The maximum absolute atomic E-state index is 12.1. The second kappa shape index (κ2) is 4.97. The SMILES string of the molecule is COC(=O)N(C)c1nn(-c2ccccc2)c(=O)n1C. The largest absolute Gasteiger partial charge is 0.452 e. The lowest BCUT2D eigenvalue weighted by Crippen LogP contribution is -2.30. The van der Waals surface area contributed by atoms with Crippen molar-refractivity contribution < 1.29 is 9.53 Å². The third kappa shape index (κ3) is 2.22. The van der Waals surface area contributed by atoms with Crippen molar-refractivity contribution in [1.82, 2.24) is 14.3 Å². The van der Waals surface area contributed by atoms with Gasteiger partial charge in [-0.25, -0.2) is 14.5 Å². The fourth-order valence-corrected chi connectivity index (χ4v) is 1.67. The van der Waals surface area contributed by atoms with Gasteiger partial charge in [-0.3, -0.25) is 4.57 Å². The van der Waals surface area contributed by atoms with Gasteiger partial charge in [0.1, 0.15) is 0 Å². The molecule has 2 rings (SSSR count). The van der Waals surface area contributed by atoms with Crippen molar-refractivity contribution in [3.05, 3.63) is 40.8 Å². The van der Waals surface area contributed by atoms with Gasteiger partial charge in [0.15, 0.2) is 0 Å². The summed E-state index contributed by atoms with van der Waals surface area (Å²) >= 11 is 0. The number of ether oxygens (including phenoxy) is 1. The fraction of sp³-hybridized carbons (Fsp3) is 0.250. The van der Waals surface area contributed by atoms with Crippen LogP contribution in [0, 0.1) is 0 Å². The van der Waals surface area contributed by atoms with Crippen molar-refractivity contribution in [2.24, 2.45) is 7.05 Å². The van der Waals surface area contributed by atoms with Crippen LogP contribution in [0.4, 0.5) is 10.7 Å². The van der Waals surface area contributed by atoms with Gasteiger partial charge in [-0.2, -0.15) is 4.68 Å². The van der Waals surface area contributed by atoms with Crippen molar-refractivity contribution in [1.29, 1.82) is 0 Å². The van der Waals surface area contributed by atoms with E-state index in [0.717, 1.165) is 0 Å². The summed E-state index contributed by atoms with van der Waals surface area (Å²) in [6.07, 6.45) is -0.590. The molecule has 2 aromatic rings. The van der Waals surface area contributed by atoms with E-state index < -0.39 is 6.09 Å². The van der Waals surface area contributed by atoms with E-state index in [9.17, 15) is 9.59 Å². The molecule has 1 aromatic carbocycles. The van der Waals surface area contributed by atoms with Crippen LogP contribution in [0.5, 0.6) is 0 Å². The van der Waals surface area contributed by atoms with Gasteiger partial charge >= 0.3 is 11.8 Å². The number of amides is 1. The van der Waals surface area contributed by atoms with Crippen LogP contribution in [-0.4, -0.2) is 34.6 Å². The van der Waals surface area contributed by atoms with Crippen molar-refractivity contribution in [3.8, 4) is 5.69 Å². The number of benzene rings is 1. The third-order valence-electron chi connectivity index (χ3n) is 2.71. The van der Waals surface area contributed by atoms with Gasteiger partial charge in [0, 0.05) is 14.1 Å². The molecule has 0 saturated heterocycles. The standard InChI is InChI=1S/C12H14N4O3/c1-14-10(15(2)12(18)19-3)13-16(11(14)17)9-7-5-4-6-8-9/h4-8H,1-3H3. The number of hydrogen-bond acceptors (Lipinski definition) is 4. The Balaban J connectivity index is 2.51. The molecule has 1 heterocycles. The van der Waals surface area contributed by atoms with Gasteiger partial charge in [-0.1, -0.05) is 18.2 Å². The number of aromatic nitrogens is 3. The van der Waals surface area contributed by atoms with Crippen LogP contribution in [0.25, 0.3) is 5.69 Å². The summed E-state index contributed by atoms with van der Waals surface area (Å²) < 4.78 is 7.11. The molecule has 0 fully saturated rings. The van der Waals surface area contributed by atoms with Crippen molar-refractivity contribution in [2.75, 3.05) is 19.1 Å². The zero-order chi connectivity index (χ0) is 14.0. The highest BCUT2D eigenvalue weighted by atomic mass is 16.5. The lowest BCUT2D eigenvalue weighted by molar-refractivity contribution is 0.179. The van der Waals surface area contributed by atoms with Crippen LogP contribution >= 0.6 is 0 Å². The van der Waals surface area contributed by atoms with Gasteiger partial charge in [-0.05, 0) is 12.1 Å². The second-order valence-corrected chi connectivity index (χ2v) is 3.92. The summed E-state index contributed by atoms with van der Waals surface area (Å²) in [6, 6.07) is 8.98. The molecule has 0 bridgehead atoms. The van der Waals surface area contributed by atoms with Gasteiger partial charge < -0.3 is 4.74 Å². The molecule has 7 nitrogen and oxygen atoms in total. The van der Waals surface area contributed by atoms with Crippen LogP contribution < -0.4 is 10.6 Å². The average molecular weight is 262 g/mol. The second-order valence-electron chi connectivity index (χ2n) is 3.92. The van der Waals surface area contributed by atoms with Crippen LogP contribution in [0.1, 0.15) is 0 Å². The molecule has 0 aliphatic rings. The van der Waals surface area contributed by atoms with Crippen LogP contribution in [0.2, 0.25) is 0 Å². The number of rotatable bonds is 2. The maximum atomic E-state index is 12.1. The number of nitrogens with zero attached hydrogens (tertiary/aromatic N) is 4. The molecule has 0 saturated carbocycles. The molecule has 0 aliphatic carbocycles. The molecular weight excluding hydrogens is 248 g/mol. The summed E-state index contributed by atoms with van der Waals surface area (Å²) in [4.78, 5) is 24.7. The summed E-state index contributed by atoms with van der Waals surface area (Å²) in [6.45, 7) is 0. The number of hydrogen-bond donors (Lipinski definition) is 0. The zero-order valence-electron chi connectivity index (χ0n) is 10.9. The number of anilines is 1. The first kappa shape index (κ1) is 12.9. The zero-order valence-corrected chi connectivity index (χ0v) is 10.9. The predicted molar refractivity (Wildman–Crippen MR) is 69.6 cm³/mol. The van der Waals surface area contributed by atoms with Crippen molar-refractivity contribution in [3.63, 3.8) is 0 Å². The Labute approximate surface area is 109 Å². The minimum atomic E-state index is -0.590. The monoisotopic (exact) mass is 262 g/mol. The van der Waals surface area contributed by atoms with E-state index in [1.165, 1.54) is 28.3 Å². The Morgan fingerprint density at radius 1 is 1.32 bits per heavy atom. The highest BCUT2D eigenvalue weighted by Gasteiger charge is 2.20. The van der Waals surface area contributed by atoms with Crippen LogP contribution in [0.3, 0.4) is 0 Å². The summed E-state index contributed by atoms with van der Waals surface area (Å²) in [5, 5.41) is 4.14. The molecule has 0 unspecified atom stereocenters. The van der Waals surface area contributed by atoms with Gasteiger partial charge in [-0.15, -0.1) is 5.10 Å². The number of carbonyl (C=O) groups excluding carboxylic acids is 1. The van der Waals surface area contributed by atoms with Crippen LogP contribution in [-0.2, 0) is 11.8 Å². The van der Waals surface area contributed by atoms with E-state index in [-0.39, 0.29) is 11.6 Å². The van der Waals surface area contributed by atoms with E-state index in [4.69, 9.17) is 0 Å². The summed E-state index contributed by atoms with van der Waals surface area (Å²) in [7, 11) is 4.30. The Hall–Kier alpha value is -2.57. The highest BCUT2D eigenvalue weighted by molar-refractivity contribution is 5.84. The lowest BCUT2D eigenvalue weighted by Gasteiger charge is -2.12. The number of carbonyl (C=O) groups is 1. The molecule has 19 heavy (non-hydrogen) atoms. The van der Waals surface area contributed by atoms with Crippen molar-refractivity contribution in [2.45, 2.75) is 0 Å². The van der Waals surface area contributed by atoms with E-state index in [0.29, 0.717) is 5.69 Å². The predicted octanol–water partition coefficient (Wildman–Crippen LogP) is 0.774. The van der Waals surface area contributed by atoms with Gasteiger partial charge in [0.05, 0.1) is 12.8 Å². The highest BCUT2D eigenvalue weighted by Crippen LogP contribution is 2.09. The molecule has 0 atom stereocenters. The molecule has 100 valence electrons. The summed E-state index contributed by atoms with van der Waals surface area (Å²) in [5.74, 6) is 0.209. The molecule has 7 heteroatoms. The normalized spacial score (nSPS) is 10.3. The molecular formula is C12H14N4O3. The molecule has 0 aliphatic heterocycles. The quantitative estimate of drug-likeness (QED) is 0.801. The van der Waals surface area contributed by atoms with Crippen LogP contribution in [0.15, 0.2) is 35.1 Å². The Morgan fingerprint density at radius 3 is 2.53 bits per heavy atom. The van der Waals surface area contributed by atoms with Gasteiger partial charge in [0.2, 0.25) is 5.95 Å². The maximum Gasteiger partial charge on any atom is 0.416 e. The molecule has 0 radical (unpaired) electrons. The van der Waals surface area contributed by atoms with Gasteiger partial charge in [0.25, 0.3) is 0 Å².